The van der Waals surface area contributed by atoms with Gasteiger partial charge >= 0.3 is 0 Å². The Balaban J connectivity index is 1.66. The van der Waals surface area contributed by atoms with Crippen LogP contribution in [-0.2, 0) is 0 Å². The molecule has 6 heteroatoms. The SMILES string of the molecule is Clc1cccc(Nc2ccc3c(N4CCCCC4)ncnc3n2)c1. The van der Waals surface area contributed by atoms with Crippen molar-refractivity contribution in [2.45, 2.75) is 19.3 Å². The van der Waals surface area contributed by atoms with E-state index in [-0.39, 0.29) is 0 Å². The number of nitrogens with one attached hydrogen (secondary N) is 1. The van der Waals surface area contributed by atoms with E-state index in [0.717, 1.165) is 35.8 Å². The van der Waals surface area contributed by atoms with Crippen molar-refractivity contribution in [2.24, 2.45) is 0 Å². The number of hydrogen-bond donors (Lipinski definition) is 1. The lowest BCUT2D eigenvalue weighted by Gasteiger charge is -2.28. The summed E-state index contributed by atoms with van der Waals surface area (Å²) < 4.78 is 0. The zero-order chi connectivity index (χ0) is 16.4. The van der Waals surface area contributed by atoms with Crippen LogP contribution in [0.15, 0.2) is 42.7 Å². The van der Waals surface area contributed by atoms with E-state index < -0.39 is 0 Å². The van der Waals surface area contributed by atoms with E-state index in [9.17, 15) is 0 Å². The first-order chi connectivity index (χ1) is 11.8. The second-order valence-corrected chi connectivity index (χ2v) is 6.38. The molecule has 1 aromatic carbocycles. The van der Waals surface area contributed by atoms with Crippen LogP contribution in [0.5, 0.6) is 0 Å². The molecule has 4 rings (SSSR count). The monoisotopic (exact) mass is 339 g/mol. The van der Waals surface area contributed by atoms with Crippen molar-refractivity contribution in [3.8, 4) is 0 Å². The van der Waals surface area contributed by atoms with Gasteiger partial charge in [0.1, 0.15) is 18.0 Å². The molecule has 1 aliphatic heterocycles. The predicted molar refractivity (Wildman–Crippen MR) is 98.1 cm³/mol. The van der Waals surface area contributed by atoms with Gasteiger partial charge in [0, 0.05) is 23.8 Å². The van der Waals surface area contributed by atoms with Gasteiger partial charge in [-0.2, -0.15) is 0 Å². The largest absolute Gasteiger partial charge is 0.356 e. The van der Waals surface area contributed by atoms with Gasteiger partial charge in [-0.25, -0.2) is 15.0 Å². The lowest BCUT2D eigenvalue weighted by atomic mass is 10.1. The highest BCUT2D eigenvalue weighted by Crippen LogP contribution is 2.27. The maximum atomic E-state index is 6.03. The number of halogens is 1. The Bertz CT molecular complexity index is 861. The summed E-state index contributed by atoms with van der Waals surface area (Å²) in [7, 11) is 0. The lowest BCUT2D eigenvalue weighted by Crippen LogP contribution is -2.30. The molecule has 0 aliphatic carbocycles. The van der Waals surface area contributed by atoms with Crippen molar-refractivity contribution in [2.75, 3.05) is 23.3 Å². The first-order valence-corrected chi connectivity index (χ1v) is 8.57. The molecular weight excluding hydrogens is 322 g/mol. The van der Waals surface area contributed by atoms with Gasteiger partial charge in [0.15, 0.2) is 5.65 Å². The van der Waals surface area contributed by atoms with Crippen molar-refractivity contribution >= 4 is 40.0 Å². The van der Waals surface area contributed by atoms with Crippen molar-refractivity contribution in [1.82, 2.24) is 15.0 Å². The quantitative estimate of drug-likeness (QED) is 0.765. The topological polar surface area (TPSA) is 53.9 Å². The van der Waals surface area contributed by atoms with Crippen LogP contribution in [0.4, 0.5) is 17.3 Å². The molecule has 5 nitrogen and oxygen atoms in total. The fourth-order valence-corrected chi connectivity index (χ4v) is 3.26. The summed E-state index contributed by atoms with van der Waals surface area (Å²) in [5.74, 6) is 1.73. The van der Waals surface area contributed by atoms with E-state index in [1.54, 1.807) is 6.33 Å². The number of anilines is 3. The number of rotatable bonds is 3. The number of hydrogen-bond acceptors (Lipinski definition) is 5. The summed E-state index contributed by atoms with van der Waals surface area (Å²) in [6.45, 7) is 2.10. The van der Waals surface area contributed by atoms with Gasteiger partial charge in [0.2, 0.25) is 0 Å². The van der Waals surface area contributed by atoms with Crippen LogP contribution < -0.4 is 10.2 Å². The van der Waals surface area contributed by atoms with E-state index in [1.165, 1.54) is 19.3 Å². The molecule has 0 amide bonds. The second-order valence-electron chi connectivity index (χ2n) is 5.95. The first-order valence-electron chi connectivity index (χ1n) is 8.19. The van der Waals surface area contributed by atoms with Crippen molar-refractivity contribution in [3.63, 3.8) is 0 Å². The normalized spacial score (nSPS) is 14.8. The second kappa shape index (κ2) is 6.61. The third-order valence-electron chi connectivity index (χ3n) is 4.23. The van der Waals surface area contributed by atoms with Crippen LogP contribution in [0.25, 0.3) is 11.0 Å². The zero-order valence-electron chi connectivity index (χ0n) is 13.2. The number of aromatic nitrogens is 3. The van der Waals surface area contributed by atoms with E-state index >= 15 is 0 Å². The maximum Gasteiger partial charge on any atom is 0.166 e. The van der Waals surface area contributed by atoms with E-state index in [1.807, 2.05) is 36.4 Å². The molecule has 2 aromatic heterocycles. The molecular formula is C18H18ClN5. The fraction of sp³-hybridized carbons (Fsp3) is 0.278. The van der Waals surface area contributed by atoms with E-state index in [2.05, 4.69) is 25.2 Å². The Morgan fingerprint density at radius 3 is 2.71 bits per heavy atom. The van der Waals surface area contributed by atoms with Crippen LogP contribution in [0, 0.1) is 0 Å². The Hall–Kier alpha value is -2.40. The van der Waals surface area contributed by atoms with Crippen molar-refractivity contribution in [3.05, 3.63) is 47.7 Å². The number of benzene rings is 1. The summed E-state index contributed by atoms with van der Waals surface area (Å²) in [5, 5.41) is 4.95. The molecule has 0 bridgehead atoms. The Labute approximate surface area is 145 Å². The molecule has 3 aromatic rings. The van der Waals surface area contributed by atoms with Crippen LogP contribution in [0.1, 0.15) is 19.3 Å². The average Bonchev–Trinajstić information content (AvgIpc) is 2.62. The van der Waals surface area contributed by atoms with Gasteiger partial charge in [-0.3, -0.25) is 0 Å². The summed E-state index contributed by atoms with van der Waals surface area (Å²) in [5.41, 5.74) is 1.61. The van der Waals surface area contributed by atoms with Crippen molar-refractivity contribution < 1.29 is 0 Å². The van der Waals surface area contributed by atoms with Gasteiger partial charge in [-0.05, 0) is 49.6 Å². The van der Waals surface area contributed by atoms with Crippen LogP contribution >= 0.6 is 11.6 Å². The standard InChI is InChI=1S/C18H18ClN5/c19-13-5-4-6-14(11-13)22-16-8-7-15-17(23-16)20-12-21-18(15)24-9-2-1-3-10-24/h4-8,11-12H,1-3,9-10H2,(H,20,21,22,23). The van der Waals surface area contributed by atoms with Gasteiger partial charge in [-0.15, -0.1) is 0 Å². The molecule has 0 atom stereocenters. The molecule has 1 saturated heterocycles. The van der Waals surface area contributed by atoms with Crippen LogP contribution in [0.3, 0.4) is 0 Å². The van der Waals surface area contributed by atoms with Crippen LogP contribution in [-0.4, -0.2) is 28.0 Å². The molecule has 0 spiro atoms. The highest BCUT2D eigenvalue weighted by Gasteiger charge is 2.16. The van der Waals surface area contributed by atoms with Gasteiger partial charge in [-0.1, -0.05) is 17.7 Å². The molecule has 24 heavy (non-hydrogen) atoms. The van der Waals surface area contributed by atoms with Gasteiger partial charge in [0.25, 0.3) is 0 Å². The third kappa shape index (κ3) is 3.12. The number of piperidine rings is 1. The first kappa shape index (κ1) is 15.1. The Morgan fingerprint density at radius 2 is 1.88 bits per heavy atom. The Morgan fingerprint density at radius 1 is 1.00 bits per heavy atom. The fourth-order valence-electron chi connectivity index (χ4n) is 3.07. The summed E-state index contributed by atoms with van der Waals surface area (Å²) in [6.07, 6.45) is 5.33. The Kier molecular flexibility index (Phi) is 4.17. The summed E-state index contributed by atoms with van der Waals surface area (Å²) >= 11 is 6.03. The highest BCUT2D eigenvalue weighted by atomic mass is 35.5. The minimum atomic E-state index is 0.690. The zero-order valence-corrected chi connectivity index (χ0v) is 14.0. The van der Waals surface area contributed by atoms with Gasteiger partial charge in [0.05, 0.1) is 5.39 Å². The minimum Gasteiger partial charge on any atom is -0.356 e. The number of pyridine rings is 1. The molecule has 0 unspecified atom stereocenters. The molecule has 0 saturated carbocycles. The predicted octanol–water partition coefficient (Wildman–Crippen LogP) is 4.41. The third-order valence-corrected chi connectivity index (χ3v) is 4.46. The van der Waals surface area contributed by atoms with Gasteiger partial charge < -0.3 is 10.2 Å². The molecule has 1 N–H and O–H groups in total. The average molecular weight is 340 g/mol. The molecule has 1 fully saturated rings. The van der Waals surface area contributed by atoms with Crippen molar-refractivity contribution in [1.29, 1.82) is 0 Å². The highest BCUT2D eigenvalue weighted by molar-refractivity contribution is 6.30. The number of nitrogens with zero attached hydrogens (tertiary/aromatic N) is 4. The van der Waals surface area contributed by atoms with E-state index in [4.69, 9.17) is 11.6 Å². The smallest absolute Gasteiger partial charge is 0.166 e. The van der Waals surface area contributed by atoms with E-state index in [0.29, 0.717) is 10.7 Å². The minimum absolute atomic E-state index is 0.690. The molecule has 122 valence electrons. The van der Waals surface area contributed by atoms with Crippen LogP contribution in [0.2, 0.25) is 5.02 Å². The summed E-state index contributed by atoms with van der Waals surface area (Å²) in [6, 6.07) is 11.6. The maximum absolute atomic E-state index is 6.03. The molecule has 3 heterocycles. The summed E-state index contributed by atoms with van der Waals surface area (Å²) in [4.78, 5) is 15.8. The molecule has 1 aliphatic rings. The molecule has 0 radical (unpaired) electrons. The number of fused-ring (bicyclic) bond motifs is 1. The lowest BCUT2D eigenvalue weighted by molar-refractivity contribution is 0.574.